The van der Waals surface area contributed by atoms with Crippen LogP contribution in [-0.4, -0.2) is 31.5 Å². The zero-order valence-corrected chi connectivity index (χ0v) is 11.8. The largest absolute Gasteiger partial charge is 0.389 e. The van der Waals surface area contributed by atoms with E-state index >= 15 is 0 Å². The van der Waals surface area contributed by atoms with Crippen molar-refractivity contribution in [2.75, 3.05) is 19.7 Å². The highest BCUT2D eigenvalue weighted by Gasteiger charge is 2.32. The van der Waals surface area contributed by atoms with Crippen LogP contribution >= 0.6 is 0 Å². The molecule has 0 unspecified atom stereocenters. The number of hydrogen-bond donors (Lipinski definition) is 1. The van der Waals surface area contributed by atoms with Crippen molar-refractivity contribution in [1.82, 2.24) is 5.32 Å². The molecule has 0 aromatic rings. The quantitative estimate of drug-likeness (QED) is 0.561. The third-order valence-electron chi connectivity index (χ3n) is 3.72. The average molecular weight is 281 g/mol. The molecule has 0 heterocycles. The number of hydrogen-bond acceptors (Lipinski definition) is 2. The lowest BCUT2D eigenvalue weighted by molar-refractivity contribution is -0.142. The zero-order valence-electron chi connectivity index (χ0n) is 11.8. The summed E-state index contributed by atoms with van der Waals surface area (Å²) >= 11 is 0. The van der Waals surface area contributed by atoms with E-state index in [1.54, 1.807) is 0 Å². The number of rotatable bonds is 7. The summed E-state index contributed by atoms with van der Waals surface area (Å²) < 4.78 is 42.2. The number of alkyl halides is 3. The molecule has 5 heteroatoms. The second-order valence-corrected chi connectivity index (χ2v) is 5.44. The predicted octanol–water partition coefficient (Wildman–Crippen LogP) is 4.05. The molecule has 114 valence electrons. The molecule has 0 saturated heterocycles. The Hall–Kier alpha value is -0.290. The summed E-state index contributed by atoms with van der Waals surface area (Å²) in [6, 6.07) is 0. The van der Waals surface area contributed by atoms with E-state index in [1.165, 1.54) is 12.8 Å². The third kappa shape index (κ3) is 7.16. The zero-order chi connectivity index (χ0) is 14.2. The van der Waals surface area contributed by atoms with Crippen LogP contribution in [0.5, 0.6) is 0 Å². The van der Waals surface area contributed by atoms with E-state index in [0.29, 0.717) is 0 Å². The Morgan fingerprint density at radius 3 is 2.26 bits per heavy atom. The Kier molecular flexibility index (Phi) is 7.15. The lowest BCUT2D eigenvalue weighted by Crippen LogP contribution is -2.43. The molecule has 2 nitrogen and oxygen atoms in total. The van der Waals surface area contributed by atoms with Gasteiger partial charge in [0.1, 0.15) is 0 Å². The van der Waals surface area contributed by atoms with Gasteiger partial charge in [0.15, 0.2) is 0 Å². The molecule has 1 rings (SSSR count). The first-order chi connectivity index (χ1) is 8.97. The highest BCUT2D eigenvalue weighted by Crippen LogP contribution is 2.31. The highest BCUT2D eigenvalue weighted by atomic mass is 19.4. The summed E-state index contributed by atoms with van der Waals surface area (Å²) in [5, 5.41) is 3.30. The Labute approximate surface area is 114 Å². The molecule has 0 aliphatic heterocycles. The van der Waals surface area contributed by atoms with Crippen LogP contribution in [0.3, 0.4) is 0 Å². The maximum atomic E-state index is 12.1. The number of halogens is 3. The van der Waals surface area contributed by atoms with Crippen molar-refractivity contribution in [2.24, 2.45) is 0 Å². The molecule has 1 aliphatic rings. The van der Waals surface area contributed by atoms with E-state index in [1.807, 2.05) is 6.92 Å². The smallest absolute Gasteiger partial charge is 0.374 e. The van der Waals surface area contributed by atoms with Crippen molar-refractivity contribution in [2.45, 2.75) is 70.1 Å². The second-order valence-electron chi connectivity index (χ2n) is 5.44. The summed E-state index contributed by atoms with van der Waals surface area (Å²) in [5.74, 6) is 0. The molecule has 1 N–H and O–H groups in total. The minimum absolute atomic E-state index is 0.0668. The molecule has 1 saturated carbocycles. The molecule has 0 radical (unpaired) electrons. The van der Waals surface area contributed by atoms with Crippen LogP contribution in [0.2, 0.25) is 0 Å². The second kappa shape index (κ2) is 8.10. The Morgan fingerprint density at radius 1 is 1.11 bits per heavy atom. The van der Waals surface area contributed by atoms with Gasteiger partial charge < -0.3 is 10.1 Å². The normalized spacial score (nSPS) is 20.2. The predicted molar refractivity (Wildman–Crippen MR) is 70.2 cm³/mol. The fourth-order valence-electron chi connectivity index (χ4n) is 2.66. The summed E-state index contributed by atoms with van der Waals surface area (Å²) in [6.07, 6.45) is 1.83. The van der Waals surface area contributed by atoms with Crippen LogP contribution in [0.1, 0.15) is 58.3 Å². The van der Waals surface area contributed by atoms with E-state index < -0.39 is 12.6 Å². The minimum Gasteiger partial charge on any atom is -0.374 e. The summed E-state index contributed by atoms with van der Waals surface area (Å²) in [6.45, 7) is 3.88. The SMILES string of the molecule is CCNCC1(OCCCC(F)(F)F)CCCCCC1. The van der Waals surface area contributed by atoms with E-state index in [-0.39, 0.29) is 18.6 Å². The molecule has 0 amide bonds. The molecule has 1 aliphatic carbocycles. The van der Waals surface area contributed by atoms with Crippen molar-refractivity contribution in [3.63, 3.8) is 0 Å². The van der Waals surface area contributed by atoms with Gasteiger partial charge in [0.2, 0.25) is 0 Å². The molecule has 19 heavy (non-hydrogen) atoms. The first kappa shape index (κ1) is 16.8. The van der Waals surface area contributed by atoms with Crippen LogP contribution < -0.4 is 5.32 Å². The van der Waals surface area contributed by atoms with Crippen LogP contribution in [0, 0.1) is 0 Å². The molecular formula is C14H26F3NO. The molecule has 0 aromatic carbocycles. The van der Waals surface area contributed by atoms with Gasteiger partial charge in [0.25, 0.3) is 0 Å². The summed E-state index contributed by atoms with van der Waals surface area (Å²) in [4.78, 5) is 0. The average Bonchev–Trinajstić information content (AvgIpc) is 2.57. The van der Waals surface area contributed by atoms with E-state index in [0.717, 1.165) is 38.8 Å². The maximum absolute atomic E-state index is 12.1. The van der Waals surface area contributed by atoms with Gasteiger partial charge in [-0.2, -0.15) is 13.2 Å². The molecule has 1 fully saturated rings. The molecule has 0 spiro atoms. The lowest BCUT2D eigenvalue weighted by atomic mass is 9.94. The van der Waals surface area contributed by atoms with Crippen molar-refractivity contribution in [3.8, 4) is 0 Å². The Balaban J connectivity index is 2.39. The lowest BCUT2D eigenvalue weighted by Gasteiger charge is -2.33. The first-order valence-electron chi connectivity index (χ1n) is 7.39. The first-order valence-corrected chi connectivity index (χ1v) is 7.39. The van der Waals surface area contributed by atoms with Crippen molar-refractivity contribution in [3.05, 3.63) is 0 Å². The minimum atomic E-state index is -4.07. The Bertz CT molecular complexity index is 235. The van der Waals surface area contributed by atoms with Gasteiger partial charge in [0.05, 0.1) is 5.60 Å². The topological polar surface area (TPSA) is 21.3 Å². The van der Waals surface area contributed by atoms with Crippen molar-refractivity contribution in [1.29, 1.82) is 0 Å². The highest BCUT2D eigenvalue weighted by molar-refractivity contribution is 4.85. The number of nitrogens with one attached hydrogen (secondary N) is 1. The Morgan fingerprint density at radius 2 is 1.74 bits per heavy atom. The van der Waals surface area contributed by atoms with E-state index in [4.69, 9.17) is 4.74 Å². The summed E-state index contributed by atoms with van der Waals surface area (Å²) in [7, 11) is 0. The number of ether oxygens (including phenoxy) is 1. The third-order valence-corrected chi connectivity index (χ3v) is 3.72. The van der Waals surface area contributed by atoms with Crippen LogP contribution in [0.4, 0.5) is 13.2 Å². The van der Waals surface area contributed by atoms with Gasteiger partial charge >= 0.3 is 6.18 Å². The van der Waals surface area contributed by atoms with Crippen LogP contribution in [-0.2, 0) is 4.74 Å². The standard InChI is InChI=1S/C14H26F3NO/c1-2-18-12-13(8-5-3-4-6-9-13)19-11-7-10-14(15,16)17/h18H,2-12H2,1H3. The molecule has 0 atom stereocenters. The monoisotopic (exact) mass is 281 g/mol. The van der Waals surface area contributed by atoms with E-state index in [9.17, 15) is 13.2 Å². The van der Waals surface area contributed by atoms with Gasteiger partial charge in [-0.1, -0.05) is 32.6 Å². The molecular weight excluding hydrogens is 255 g/mol. The van der Waals surface area contributed by atoms with Gasteiger partial charge in [-0.25, -0.2) is 0 Å². The van der Waals surface area contributed by atoms with Gasteiger partial charge in [0, 0.05) is 19.6 Å². The molecule has 0 aromatic heterocycles. The fraction of sp³-hybridized carbons (Fsp3) is 1.00. The van der Waals surface area contributed by atoms with Gasteiger partial charge in [-0.05, 0) is 25.8 Å². The maximum Gasteiger partial charge on any atom is 0.389 e. The van der Waals surface area contributed by atoms with Crippen molar-refractivity contribution >= 4 is 0 Å². The van der Waals surface area contributed by atoms with Gasteiger partial charge in [-0.3, -0.25) is 0 Å². The number of likely N-dealkylation sites (N-methyl/N-ethyl adjacent to an activating group) is 1. The van der Waals surface area contributed by atoms with Crippen LogP contribution in [0.25, 0.3) is 0 Å². The fourth-order valence-corrected chi connectivity index (χ4v) is 2.66. The molecule has 0 bridgehead atoms. The van der Waals surface area contributed by atoms with E-state index in [2.05, 4.69) is 5.32 Å². The van der Waals surface area contributed by atoms with Crippen LogP contribution in [0.15, 0.2) is 0 Å². The summed E-state index contributed by atoms with van der Waals surface area (Å²) in [5.41, 5.74) is -0.238. The van der Waals surface area contributed by atoms with Gasteiger partial charge in [-0.15, -0.1) is 0 Å². The van der Waals surface area contributed by atoms with Crippen molar-refractivity contribution < 1.29 is 17.9 Å².